The first-order valence-electron chi connectivity index (χ1n) is 7.46. The highest BCUT2D eigenvalue weighted by molar-refractivity contribution is 5.95. The third kappa shape index (κ3) is 5.44. The topological polar surface area (TPSA) is 75.4 Å². The van der Waals surface area contributed by atoms with E-state index >= 15 is 0 Å². The molecule has 0 aliphatic rings. The molecule has 0 saturated heterocycles. The number of amides is 2. The lowest BCUT2D eigenvalue weighted by Gasteiger charge is -2.28. The Morgan fingerprint density at radius 3 is 2.36 bits per heavy atom. The summed E-state index contributed by atoms with van der Waals surface area (Å²) in [5.41, 5.74) is 6.33. The van der Waals surface area contributed by atoms with Crippen molar-refractivity contribution in [2.24, 2.45) is 5.73 Å². The molecule has 122 valence electrons. The highest BCUT2D eigenvalue weighted by Gasteiger charge is 2.24. The Bertz CT molecular complexity index is 503. The number of carbonyl (C=O) groups excluding carboxylic acids is 2. The minimum atomic E-state index is -0.592. The smallest absolute Gasteiger partial charge is 0.244 e. The third-order valence-electron chi connectivity index (χ3n) is 3.27. The van der Waals surface area contributed by atoms with E-state index in [1.54, 1.807) is 0 Å². The van der Waals surface area contributed by atoms with Crippen molar-refractivity contribution in [3.05, 3.63) is 30.1 Å². The van der Waals surface area contributed by atoms with Crippen LogP contribution in [-0.4, -0.2) is 35.3 Å². The number of rotatable bonds is 7. The molecule has 0 saturated carbocycles. The molecule has 0 spiro atoms. The molecule has 0 aliphatic carbocycles. The predicted molar refractivity (Wildman–Crippen MR) is 84.8 cm³/mol. The minimum absolute atomic E-state index is 0.0781. The van der Waals surface area contributed by atoms with E-state index in [1.807, 2.05) is 20.8 Å². The summed E-state index contributed by atoms with van der Waals surface area (Å²) in [7, 11) is 0. The van der Waals surface area contributed by atoms with E-state index < -0.39 is 6.04 Å². The summed E-state index contributed by atoms with van der Waals surface area (Å²) in [5, 5.41) is 2.64. The summed E-state index contributed by atoms with van der Waals surface area (Å²) >= 11 is 0. The molecule has 0 aromatic heterocycles. The molecule has 1 atom stereocenters. The monoisotopic (exact) mass is 309 g/mol. The Hall–Kier alpha value is -1.95. The van der Waals surface area contributed by atoms with Gasteiger partial charge in [0.1, 0.15) is 12.4 Å². The second-order valence-corrected chi connectivity index (χ2v) is 5.51. The lowest BCUT2D eigenvalue weighted by molar-refractivity contribution is -0.137. The van der Waals surface area contributed by atoms with Crippen LogP contribution < -0.4 is 11.1 Å². The SMILES string of the molecule is CCCC(N)C(=O)N(CC(=O)Nc1ccc(F)cc1)C(C)C. The van der Waals surface area contributed by atoms with Gasteiger partial charge >= 0.3 is 0 Å². The number of anilines is 1. The molecule has 0 heterocycles. The summed E-state index contributed by atoms with van der Waals surface area (Å²) in [6, 6.07) is 4.74. The zero-order valence-electron chi connectivity index (χ0n) is 13.3. The number of nitrogens with zero attached hydrogens (tertiary/aromatic N) is 1. The van der Waals surface area contributed by atoms with Gasteiger partial charge in [0, 0.05) is 11.7 Å². The van der Waals surface area contributed by atoms with Crippen molar-refractivity contribution in [1.29, 1.82) is 0 Å². The Labute approximate surface area is 130 Å². The van der Waals surface area contributed by atoms with Gasteiger partial charge in [0.25, 0.3) is 0 Å². The molecule has 2 amide bonds. The molecule has 6 heteroatoms. The van der Waals surface area contributed by atoms with Crippen LogP contribution in [0.4, 0.5) is 10.1 Å². The molecule has 22 heavy (non-hydrogen) atoms. The maximum absolute atomic E-state index is 12.8. The average Bonchev–Trinajstić information content (AvgIpc) is 2.46. The summed E-state index contributed by atoms with van der Waals surface area (Å²) in [6.45, 7) is 5.54. The van der Waals surface area contributed by atoms with E-state index in [-0.39, 0.29) is 30.2 Å². The van der Waals surface area contributed by atoms with Gasteiger partial charge in [-0.25, -0.2) is 4.39 Å². The van der Waals surface area contributed by atoms with E-state index in [0.717, 1.165) is 6.42 Å². The molecule has 1 unspecified atom stereocenters. The van der Waals surface area contributed by atoms with Crippen molar-refractivity contribution in [2.75, 3.05) is 11.9 Å². The third-order valence-corrected chi connectivity index (χ3v) is 3.27. The first kappa shape index (κ1) is 18.1. The fraction of sp³-hybridized carbons (Fsp3) is 0.500. The van der Waals surface area contributed by atoms with Crippen molar-refractivity contribution in [3.63, 3.8) is 0 Å². The standard InChI is InChI=1S/C16H24FN3O2/c1-4-5-14(18)16(22)20(11(2)3)10-15(21)19-13-8-6-12(17)7-9-13/h6-9,11,14H,4-5,10,18H2,1-3H3,(H,19,21). The Kier molecular flexibility index (Phi) is 6.98. The zero-order chi connectivity index (χ0) is 16.7. The highest BCUT2D eigenvalue weighted by atomic mass is 19.1. The second-order valence-electron chi connectivity index (χ2n) is 5.51. The largest absolute Gasteiger partial charge is 0.330 e. The first-order chi connectivity index (χ1) is 10.3. The number of carbonyl (C=O) groups is 2. The van der Waals surface area contributed by atoms with Gasteiger partial charge in [-0.2, -0.15) is 0 Å². The van der Waals surface area contributed by atoms with Gasteiger partial charge in [0.05, 0.1) is 6.04 Å². The summed E-state index contributed by atoms with van der Waals surface area (Å²) in [4.78, 5) is 25.8. The number of halogens is 1. The molecular formula is C16H24FN3O2. The van der Waals surface area contributed by atoms with Gasteiger partial charge in [-0.05, 0) is 44.5 Å². The van der Waals surface area contributed by atoms with Crippen LogP contribution in [0.2, 0.25) is 0 Å². The first-order valence-corrected chi connectivity index (χ1v) is 7.46. The fourth-order valence-electron chi connectivity index (χ4n) is 2.05. The summed E-state index contributed by atoms with van der Waals surface area (Å²) < 4.78 is 12.8. The molecule has 3 N–H and O–H groups in total. The zero-order valence-corrected chi connectivity index (χ0v) is 13.3. The average molecular weight is 309 g/mol. The van der Waals surface area contributed by atoms with Crippen LogP contribution in [-0.2, 0) is 9.59 Å². The number of hydrogen-bond donors (Lipinski definition) is 2. The summed E-state index contributed by atoms with van der Waals surface area (Å²) in [5.74, 6) is -0.939. The molecule has 0 bridgehead atoms. The van der Waals surface area contributed by atoms with Gasteiger partial charge in [-0.3, -0.25) is 9.59 Å². The minimum Gasteiger partial charge on any atom is -0.330 e. The van der Waals surface area contributed by atoms with Crippen LogP contribution in [0.5, 0.6) is 0 Å². The fourth-order valence-corrected chi connectivity index (χ4v) is 2.05. The molecular weight excluding hydrogens is 285 g/mol. The van der Waals surface area contributed by atoms with Crippen molar-refractivity contribution < 1.29 is 14.0 Å². The van der Waals surface area contributed by atoms with Crippen molar-refractivity contribution >= 4 is 17.5 Å². The van der Waals surface area contributed by atoms with E-state index in [9.17, 15) is 14.0 Å². The van der Waals surface area contributed by atoms with E-state index in [2.05, 4.69) is 5.32 Å². The Balaban J connectivity index is 2.68. The molecule has 0 fully saturated rings. The van der Waals surface area contributed by atoms with Crippen molar-refractivity contribution in [3.8, 4) is 0 Å². The quantitative estimate of drug-likeness (QED) is 0.810. The normalized spacial score (nSPS) is 12.1. The lowest BCUT2D eigenvalue weighted by Crippen LogP contribution is -2.49. The molecule has 1 rings (SSSR count). The molecule has 0 radical (unpaired) electrons. The number of hydrogen-bond acceptors (Lipinski definition) is 3. The van der Waals surface area contributed by atoms with Crippen molar-refractivity contribution in [1.82, 2.24) is 4.90 Å². The Morgan fingerprint density at radius 1 is 1.27 bits per heavy atom. The second kappa shape index (κ2) is 8.48. The lowest BCUT2D eigenvalue weighted by atomic mass is 10.1. The molecule has 1 aromatic carbocycles. The van der Waals surface area contributed by atoms with Gasteiger partial charge in [0.15, 0.2) is 0 Å². The Morgan fingerprint density at radius 2 is 1.86 bits per heavy atom. The molecule has 5 nitrogen and oxygen atoms in total. The summed E-state index contributed by atoms with van der Waals surface area (Å²) in [6.07, 6.45) is 1.39. The van der Waals surface area contributed by atoms with Crippen molar-refractivity contribution in [2.45, 2.75) is 45.7 Å². The van der Waals surface area contributed by atoms with Gasteiger partial charge in [0.2, 0.25) is 11.8 Å². The van der Waals surface area contributed by atoms with Gasteiger partial charge in [-0.1, -0.05) is 13.3 Å². The highest BCUT2D eigenvalue weighted by Crippen LogP contribution is 2.10. The number of nitrogens with two attached hydrogens (primary N) is 1. The van der Waals surface area contributed by atoms with Crippen LogP contribution in [0.1, 0.15) is 33.6 Å². The van der Waals surface area contributed by atoms with Gasteiger partial charge in [-0.15, -0.1) is 0 Å². The van der Waals surface area contributed by atoms with Crippen LogP contribution >= 0.6 is 0 Å². The van der Waals surface area contributed by atoms with E-state index in [1.165, 1.54) is 29.2 Å². The van der Waals surface area contributed by atoms with Crippen LogP contribution in [0.15, 0.2) is 24.3 Å². The maximum atomic E-state index is 12.8. The number of nitrogens with one attached hydrogen (secondary N) is 1. The van der Waals surface area contributed by atoms with Crippen LogP contribution in [0.3, 0.4) is 0 Å². The van der Waals surface area contributed by atoms with Gasteiger partial charge < -0.3 is 16.0 Å². The van der Waals surface area contributed by atoms with Crippen LogP contribution in [0.25, 0.3) is 0 Å². The van der Waals surface area contributed by atoms with E-state index in [0.29, 0.717) is 12.1 Å². The number of benzene rings is 1. The molecule has 0 aliphatic heterocycles. The predicted octanol–water partition coefficient (Wildman–Crippen LogP) is 2.13. The van der Waals surface area contributed by atoms with E-state index in [4.69, 9.17) is 5.73 Å². The maximum Gasteiger partial charge on any atom is 0.244 e. The van der Waals surface area contributed by atoms with Crippen LogP contribution in [0, 0.1) is 5.82 Å². The molecule has 1 aromatic rings.